The van der Waals surface area contributed by atoms with Gasteiger partial charge in [0.2, 0.25) is 0 Å². The van der Waals surface area contributed by atoms with E-state index in [4.69, 9.17) is 0 Å². The first kappa shape index (κ1) is 11.2. The lowest BCUT2D eigenvalue weighted by Gasteiger charge is -2.27. The second-order valence-corrected chi connectivity index (χ2v) is 6.17. The van der Waals surface area contributed by atoms with Crippen molar-refractivity contribution in [3.63, 3.8) is 0 Å². The minimum atomic E-state index is 0.785. The van der Waals surface area contributed by atoms with Gasteiger partial charge >= 0.3 is 0 Å². The standard InChI is InChI=1S/C12H23P/c1-4-13-11(3)10(2)12-8-6-5-7-9-12/h11-13H,2,4-9H2,1,3H3. The van der Waals surface area contributed by atoms with Gasteiger partial charge in [-0.3, -0.25) is 0 Å². The van der Waals surface area contributed by atoms with Gasteiger partial charge in [0.05, 0.1) is 0 Å². The Morgan fingerprint density at radius 3 is 2.54 bits per heavy atom. The second kappa shape index (κ2) is 5.81. The van der Waals surface area contributed by atoms with E-state index >= 15 is 0 Å². The summed E-state index contributed by atoms with van der Waals surface area (Å²) in [6, 6.07) is 0. The Labute approximate surface area is 85.0 Å². The summed E-state index contributed by atoms with van der Waals surface area (Å²) >= 11 is 0. The maximum atomic E-state index is 4.30. The molecular weight excluding hydrogens is 175 g/mol. The predicted molar refractivity (Wildman–Crippen MR) is 64.0 cm³/mol. The summed E-state index contributed by atoms with van der Waals surface area (Å²) in [5, 5.41) is 0. The predicted octanol–water partition coefficient (Wildman–Crippen LogP) is 4.21. The molecule has 0 aromatic rings. The Bertz CT molecular complexity index is 157. The zero-order valence-electron chi connectivity index (χ0n) is 9.10. The largest absolute Gasteiger partial charge is 0.115 e. The van der Waals surface area contributed by atoms with E-state index in [1.165, 1.54) is 38.3 Å². The van der Waals surface area contributed by atoms with E-state index in [-0.39, 0.29) is 0 Å². The molecule has 1 fully saturated rings. The summed E-state index contributed by atoms with van der Waals surface area (Å²) in [6.45, 7) is 8.94. The normalized spacial score (nSPS) is 22.3. The smallest absolute Gasteiger partial charge is 0.00554 e. The van der Waals surface area contributed by atoms with E-state index in [1.807, 2.05) is 0 Å². The summed E-state index contributed by atoms with van der Waals surface area (Å²) in [7, 11) is 1.09. The zero-order chi connectivity index (χ0) is 9.68. The molecule has 0 aliphatic heterocycles. The Morgan fingerprint density at radius 2 is 2.00 bits per heavy atom. The van der Waals surface area contributed by atoms with Crippen LogP contribution in [0.2, 0.25) is 0 Å². The molecule has 1 saturated carbocycles. The van der Waals surface area contributed by atoms with Gasteiger partial charge in [-0.25, -0.2) is 0 Å². The van der Waals surface area contributed by atoms with E-state index in [1.54, 1.807) is 5.57 Å². The van der Waals surface area contributed by atoms with Gasteiger partial charge in [0.15, 0.2) is 0 Å². The highest BCUT2D eigenvalue weighted by atomic mass is 31.1. The Hall–Kier alpha value is 0.170. The van der Waals surface area contributed by atoms with Crippen LogP contribution in [0.4, 0.5) is 0 Å². The first-order valence-electron chi connectivity index (χ1n) is 5.67. The number of allylic oxidation sites excluding steroid dienone is 1. The van der Waals surface area contributed by atoms with Crippen LogP contribution in [0.5, 0.6) is 0 Å². The molecule has 2 atom stereocenters. The van der Waals surface area contributed by atoms with E-state index in [0.717, 1.165) is 20.2 Å². The minimum Gasteiger partial charge on any atom is -0.115 e. The lowest BCUT2D eigenvalue weighted by molar-refractivity contribution is 0.399. The average Bonchev–Trinajstić information content (AvgIpc) is 2.18. The molecule has 0 heterocycles. The highest BCUT2D eigenvalue weighted by Gasteiger charge is 2.19. The Kier molecular flexibility index (Phi) is 5.02. The quantitative estimate of drug-likeness (QED) is 0.469. The van der Waals surface area contributed by atoms with Crippen LogP contribution in [0, 0.1) is 5.92 Å². The monoisotopic (exact) mass is 198 g/mol. The van der Waals surface area contributed by atoms with E-state index in [0.29, 0.717) is 0 Å². The van der Waals surface area contributed by atoms with Crippen molar-refractivity contribution in [3.8, 4) is 0 Å². The molecular formula is C12H23P. The third-order valence-corrected chi connectivity index (χ3v) is 4.59. The van der Waals surface area contributed by atoms with Crippen molar-refractivity contribution in [1.82, 2.24) is 0 Å². The third kappa shape index (κ3) is 3.43. The summed E-state index contributed by atoms with van der Waals surface area (Å²) < 4.78 is 0. The summed E-state index contributed by atoms with van der Waals surface area (Å²) in [6.07, 6.45) is 8.48. The fourth-order valence-corrected chi connectivity index (χ4v) is 3.37. The van der Waals surface area contributed by atoms with Crippen molar-refractivity contribution < 1.29 is 0 Å². The molecule has 0 amide bonds. The van der Waals surface area contributed by atoms with Gasteiger partial charge in [0, 0.05) is 0 Å². The van der Waals surface area contributed by atoms with Crippen LogP contribution in [0.1, 0.15) is 46.0 Å². The fourth-order valence-electron chi connectivity index (χ4n) is 2.26. The average molecular weight is 198 g/mol. The van der Waals surface area contributed by atoms with Crippen LogP contribution < -0.4 is 0 Å². The molecule has 0 N–H and O–H groups in total. The first-order valence-corrected chi connectivity index (χ1v) is 6.96. The van der Waals surface area contributed by atoms with Crippen LogP contribution in [0.15, 0.2) is 12.2 Å². The van der Waals surface area contributed by atoms with Gasteiger partial charge in [-0.2, -0.15) is 0 Å². The molecule has 1 aliphatic carbocycles. The van der Waals surface area contributed by atoms with E-state index < -0.39 is 0 Å². The zero-order valence-corrected chi connectivity index (χ0v) is 10.1. The topological polar surface area (TPSA) is 0 Å². The molecule has 0 saturated heterocycles. The van der Waals surface area contributed by atoms with E-state index in [2.05, 4.69) is 20.4 Å². The Morgan fingerprint density at radius 1 is 1.38 bits per heavy atom. The summed E-state index contributed by atoms with van der Waals surface area (Å²) in [5.41, 5.74) is 2.34. The van der Waals surface area contributed by atoms with Crippen molar-refractivity contribution in [1.29, 1.82) is 0 Å². The maximum Gasteiger partial charge on any atom is -0.00554 e. The minimum absolute atomic E-state index is 0.785. The fraction of sp³-hybridized carbons (Fsp3) is 0.833. The van der Waals surface area contributed by atoms with Crippen LogP contribution >= 0.6 is 8.58 Å². The number of hydrogen-bond donors (Lipinski definition) is 0. The molecule has 2 unspecified atom stereocenters. The van der Waals surface area contributed by atoms with Crippen LogP contribution in [-0.4, -0.2) is 11.8 Å². The molecule has 13 heavy (non-hydrogen) atoms. The lowest BCUT2D eigenvalue weighted by atomic mass is 9.83. The summed E-state index contributed by atoms with van der Waals surface area (Å²) in [4.78, 5) is 0. The van der Waals surface area contributed by atoms with Crippen LogP contribution in [0.3, 0.4) is 0 Å². The molecule has 0 aromatic carbocycles. The second-order valence-electron chi connectivity index (χ2n) is 4.19. The molecule has 0 nitrogen and oxygen atoms in total. The van der Waals surface area contributed by atoms with Crippen LogP contribution in [-0.2, 0) is 0 Å². The molecule has 0 radical (unpaired) electrons. The molecule has 0 aromatic heterocycles. The SMILES string of the molecule is C=C(C1CCCCC1)C(C)PCC. The van der Waals surface area contributed by atoms with Gasteiger partial charge in [0.25, 0.3) is 0 Å². The van der Waals surface area contributed by atoms with Gasteiger partial charge in [-0.15, -0.1) is 8.58 Å². The van der Waals surface area contributed by atoms with Crippen molar-refractivity contribution in [3.05, 3.63) is 12.2 Å². The number of hydrogen-bond acceptors (Lipinski definition) is 0. The molecule has 1 aliphatic rings. The van der Waals surface area contributed by atoms with Crippen molar-refractivity contribution in [2.75, 3.05) is 6.16 Å². The van der Waals surface area contributed by atoms with Crippen molar-refractivity contribution >= 4 is 8.58 Å². The highest BCUT2D eigenvalue weighted by molar-refractivity contribution is 7.39. The first-order chi connectivity index (χ1) is 6.25. The van der Waals surface area contributed by atoms with Crippen molar-refractivity contribution in [2.24, 2.45) is 5.92 Å². The molecule has 0 bridgehead atoms. The van der Waals surface area contributed by atoms with Gasteiger partial charge in [-0.05, 0) is 30.6 Å². The van der Waals surface area contributed by atoms with Crippen molar-refractivity contribution in [2.45, 2.75) is 51.6 Å². The van der Waals surface area contributed by atoms with Gasteiger partial charge in [0.1, 0.15) is 0 Å². The molecule has 1 heteroatoms. The van der Waals surface area contributed by atoms with Gasteiger partial charge < -0.3 is 0 Å². The molecule has 76 valence electrons. The lowest BCUT2D eigenvalue weighted by Crippen LogP contribution is -2.14. The van der Waals surface area contributed by atoms with E-state index in [9.17, 15) is 0 Å². The number of rotatable bonds is 4. The molecule has 0 spiro atoms. The molecule has 1 rings (SSSR count). The van der Waals surface area contributed by atoms with Gasteiger partial charge in [-0.1, -0.05) is 45.3 Å². The summed E-state index contributed by atoms with van der Waals surface area (Å²) in [5.74, 6) is 0.864. The Balaban J connectivity index is 2.36. The third-order valence-electron chi connectivity index (χ3n) is 3.20. The maximum absolute atomic E-state index is 4.30. The highest BCUT2D eigenvalue weighted by Crippen LogP contribution is 2.35. The van der Waals surface area contributed by atoms with Crippen LogP contribution in [0.25, 0.3) is 0 Å².